The number of rotatable bonds is 6. The number of halogens is 3. The van der Waals surface area contributed by atoms with Crippen molar-refractivity contribution in [2.24, 2.45) is 0 Å². The SMILES string of the molecule is O=S(=O)(NCc1cn2c(n1)CCCC2)c1ccc(OCC(F)(F)F)nc1. The van der Waals surface area contributed by atoms with E-state index in [1.165, 1.54) is 0 Å². The number of aryl methyl sites for hydroxylation is 2. The van der Waals surface area contributed by atoms with Crippen LogP contribution in [0.3, 0.4) is 0 Å². The highest BCUT2D eigenvalue weighted by Gasteiger charge is 2.28. The van der Waals surface area contributed by atoms with Gasteiger partial charge in [0.1, 0.15) is 10.7 Å². The molecular formula is C15H17F3N4O3S. The highest BCUT2D eigenvalue weighted by Crippen LogP contribution is 2.18. The quantitative estimate of drug-likeness (QED) is 0.816. The van der Waals surface area contributed by atoms with Gasteiger partial charge in [-0.3, -0.25) is 0 Å². The largest absolute Gasteiger partial charge is 0.468 e. The van der Waals surface area contributed by atoms with E-state index in [1.807, 2.05) is 10.8 Å². The van der Waals surface area contributed by atoms with Gasteiger partial charge in [-0.2, -0.15) is 13.2 Å². The zero-order chi connectivity index (χ0) is 18.8. The molecule has 2 aromatic rings. The molecule has 1 N–H and O–H groups in total. The van der Waals surface area contributed by atoms with Crippen molar-refractivity contribution in [3.05, 3.63) is 36.0 Å². The fourth-order valence-electron chi connectivity index (χ4n) is 2.58. The number of sulfonamides is 1. The second-order valence-corrected chi connectivity index (χ2v) is 7.63. The van der Waals surface area contributed by atoms with Gasteiger partial charge in [-0.15, -0.1) is 0 Å². The summed E-state index contributed by atoms with van der Waals surface area (Å²) in [7, 11) is -3.86. The van der Waals surface area contributed by atoms with E-state index in [9.17, 15) is 21.6 Å². The van der Waals surface area contributed by atoms with E-state index in [4.69, 9.17) is 0 Å². The Hall–Kier alpha value is -2.14. The standard InChI is InChI=1S/C15H17F3N4O3S/c16-15(17,18)10-25-14-5-4-12(8-19-14)26(23,24)20-7-11-9-22-6-2-1-3-13(22)21-11/h4-5,8-9,20H,1-3,6-7,10H2. The van der Waals surface area contributed by atoms with Crippen LogP contribution >= 0.6 is 0 Å². The number of hydrogen-bond acceptors (Lipinski definition) is 5. The molecule has 0 aliphatic carbocycles. The minimum Gasteiger partial charge on any atom is -0.468 e. The van der Waals surface area contributed by atoms with Crippen LogP contribution < -0.4 is 9.46 Å². The smallest absolute Gasteiger partial charge is 0.422 e. The summed E-state index contributed by atoms with van der Waals surface area (Å²) in [6.45, 7) is -0.595. The molecule has 0 saturated heterocycles. The molecule has 142 valence electrons. The Labute approximate surface area is 148 Å². The number of alkyl halides is 3. The molecular weight excluding hydrogens is 373 g/mol. The molecule has 7 nitrogen and oxygen atoms in total. The van der Waals surface area contributed by atoms with Crippen LogP contribution in [0.1, 0.15) is 24.4 Å². The van der Waals surface area contributed by atoms with Crippen LogP contribution in [0.2, 0.25) is 0 Å². The summed E-state index contributed by atoms with van der Waals surface area (Å²) in [5, 5.41) is 0. The first kappa shape index (κ1) is 18.6. The minimum absolute atomic E-state index is 0.0225. The zero-order valence-corrected chi connectivity index (χ0v) is 14.5. The lowest BCUT2D eigenvalue weighted by Crippen LogP contribution is -2.24. The summed E-state index contributed by atoms with van der Waals surface area (Å²) in [5.41, 5.74) is 0.614. The van der Waals surface area contributed by atoms with Crippen molar-refractivity contribution < 1.29 is 26.3 Å². The molecule has 0 atom stereocenters. The fourth-order valence-corrected chi connectivity index (χ4v) is 3.52. The minimum atomic E-state index is -4.49. The van der Waals surface area contributed by atoms with Crippen molar-refractivity contribution in [2.75, 3.05) is 6.61 Å². The normalized spacial score (nSPS) is 14.9. The van der Waals surface area contributed by atoms with Gasteiger partial charge in [-0.05, 0) is 18.9 Å². The Morgan fingerprint density at radius 2 is 2.08 bits per heavy atom. The molecule has 0 amide bonds. The van der Waals surface area contributed by atoms with Gasteiger partial charge in [0.05, 0.1) is 18.4 Å². The van der Waals surface area contributed by atoms with Crippen LogP contribution in [0.4, 0.5) is 13.2 Å². The average molecular weight is 390 g/mol. The van der Waals surface area contributed by atoms with Gasteiger partial charge in [-0.25, -0.2) is 23.1 Å². The number of ether oxygens (including phenoxy) is 1. The van der Waals surface area contributed by atoms with E-state index in [2.05, 4.69) is 19.4 Å². The van der Waals surface area contributed by atoms with E-state index < -0.39 is 22.8 Å². The van der Waals surface area contributed by atoms with Crippen molar-refractivity contribution >= 4 is 10.0 Å². The first-order chi connectivity index (χ1) is 12.2. The van der Waals surface area contributed by atoms with Crippen LogP contribution in [0, 0.1) is 0 Å². The maximum absolute atomic E-state index is 12.3. The predicted molar refractivity (Wildman–Crippen MR) is 85.0 cm³/mol. The van der Waals surface area contributed by atoms with E-state index in [-0.39, 0.29) is 17.3 Å². The Balaban J connectivity index is 1.61. The third-order valence-corrected chi connectivity index (χ3v) is 5.19. The summed E-state index contributed by atoms with van der Waals surface area (Å²) in [5.74, 6) is 0.640. The zero-order valence-electron chi connectivity index (χ0n) is 13.7. The Morgan fingerprint density at radius 3 is 2.73 bits per heavy atom. The molecule has 1 aliphatic rings. The Morgan fingerprint density at radius 1 is 1.27 bits per heavy atom. The highest BCUT2D eigenvalue weighted by molar-refractivity contribution is 7.89. The summed E-state index contributed by atoms with van der Waals surface area (Å²) in [6.07, 6.45) is 1.29. The molecule has 0 spiro atoms. The van der Waals surface area contributed by atoms with Crippen molar-refractivity contribution in [1.82, 2.24) is 19.3 Å². The second kappa shape index (κ2) is 7.23. The first-order valence-corrected chi connectivity index (χ1v) is 9.41. The van der Waals surface area contributed by atoms with Crippen LogP contribution in [-0.4, -0.2) is 35.7 Å². The van der Waals surface area contributed by atoms with Crippen LogP contribution in [0.15, 0.2) is 29.4 Å². The van der Waals surface area contributed by atoms with E-state index >= 15 is 0 Å². The van der Waals surface area contributed by atoms with Crippen molar-refractivity contribution in [2.45, 2.75) is 43.4 Å². The van der Waals surface area contributed by atoms with Gasteiger partial charge < -0.3 is 9.30 Å². The van der Waals surface area contributed by atoms with E-state index in [1.54, 1.807) is 0 Å². The molecule has 26 heavy (non-hydrogen) atoms. The molecule has 11 heteroatoms. The maximum atomic E-state index is 12.3. The van der Waals surface area contributed by atoms with Gasteiger partial charge in [0.2, 0.25) is 15.9 Å². The molecule has 0 aromatic carbocycles. The molecule has 0 bridgehead atoms. The summed E-state index contributed by atoms with van der Waals surface area (Å²) in [4.78, 5) is 7.83. The lowest BCUT2D eigenvalue weighted by atomic mass is 10.2. The molecule has 0 unspecified atom stereocenters. The second-order valence-electron chi connectivity index (χ2n) is 5.86. The van der Waals surface area contributed by atoms with Gasteiger partial charge in [0.15, 0.2) is 6.61 Å². The molecule has 0 fully saturated rings. The molecule has 3 rings (SSSR count). The Bertz CT molecular complexity index is 840. The maximum Gasteiger partial charge on any atom is 0.422 e. The Kier molecular flexibility index (Phi) is 5.19. The van der Waals surface area contributed by atoms with Gasteiger partial charge in [0, 0.05) is 25.2 Å². The molecule has 3 heterocycles. The monoisotopic (exact) mass is 390 g/mol. The van der Waals surface area contributed by atoms with Gasteiger partial charge in [0.25, 0.3) is 0 Å². The van der Waals surface area contributed by atoms with E-state index in [0.717, 1.165) is 50.0 Å². The summed E-state index contributed by atoms with van der Waals surface area (Å²) < 4.78 is 69.7. The lowest BCUT2D eigenvalue weighted by molar-refractivity contribution is -0.154. The number of pyridine rings is 1. The lowest BCUT2D eigenvalue weighted by Gasteiger charge is -2.11. The van der Waals surface area contributed by atoms with Crippen LogP contribution in [-0.2, 0) is 29.5 Å². The fraction of sp³-hybridized carbons (Fsp3) is 0.467. The summed E-state index contributed by atoms with van der Waals surface area (Å²) in [6, 6.07) is 2.22. The number of hydrogen-bond donors (Lipinski definition) is 1. The number of imidazole rings is 1. The van der Waals surface area contributed by atoms with Gasteiger partial charge >= 0.3 is 6.18 Å². The number of aromatic nitrogens is 3. The molecule has 1 aliphatic heterocycles. The van der Waals surface area contributed by atoms with Gasteiger partial charge in [-0.1, -0.05) is 0 Å². The third kappa shape index (κ3) is 4.73. The van der Waals surface area contributed by atoms with Crippen LogP contribution in [0.5, 0.6) is 5.88 Å². The van der Waals surface area contributed by atoms with E-state index in [0.29, 0.717) is 5.69 Å². The summed E-state index contributed by atoms with van der Waals surface area (Å²) >= 11 is 0. The van der Waals surface area contributed by atoms with Crippen molar-refractivity contribution in [1.29, 1.82) is 0 Å². The topological polar surface area (TPSA) is 86.1 Å². The third-order valence-electron chi connectivity index (χ3n) is 3.80. The molecule has 2 aromatic heterocycles. The highest BCUT2D eigenvalue weighted by atomic mass is 32.2. The number of nitrogens with one attached hydrogen (secondary N) is 1. The first-order valence-electron chi connectivity index (χ1n) is 7.93. The number of fused-ring (bicyclic) bond motifs is 1. The number of nitrogens with zero attached hydrogens (tertiary/aromatic N) is 3. The molecule has 0 radical (unpaired) electrons. The van der Waals surface area contributed by atoms with Crippen molar-refractivity contribution in [3.63, 3.8) is 0 Å². The van der Waals surface area contributed by atoms with Crippen molar-refractivity contribution in [3.8, 4) is 5.88 Å². The average Bonchev–Trinajstić information content (AvgIpc) is 3.01. The molecule has 0 saturated carbocycles. The predicted octanol–water partition coefficient (Wildman–Crippen LogP) is 2.03. The van der Waals surface area contributed by atoms with Crippen LogP contribution in [0.25, 0.3) is 0 Å².